The number of hydrogen-bond donors (Lipinski definition) is 3. The van der Waals surface area contributed by atoms with E-state index in [2.05, 4.69) is 37.6 Å². The molecule has 0 atom stereocenters. The van der Waals surface area contributed by atoms with E-state index in [1.165, 1.54) is 13.2 Å². The van der Waals surface area contributed by atoms with E-state index in [0.29, 0.717) is 59.1 Å². The average Bonchev–Trinajstić information content (AvgIpc) is 2.95. The molecule has 1 fully saturated rings. The highest BCUT2D eigenvalue weighted by Gasteiger charge is 2.17. The molecule has 0 bridgehead atoms. The Bertz CT molecular complexity index is 1320. The van der Waals surface area contributed by atoms with Crippen molar-refractivity contribution in [1.82, 2.24) is 9.97 Å². The standard InChI is InChI=1S/C27H31N7O4/c1-5-25(35)29-21-8-6-7-9-22(21)30-26-20(18(2)33-37-4)17-28-27(32-26)31-23-11-10-19(16-24(23)36-3)34-12-14-38-15-13-34/h5-11,16-17H,1,12-15H2,2-4H3,(H,29,35)(H2,28,30,31,32)/b33-18-. The van der Waals surface area contributed by atoms with Crippen LogP contribution in [0.25, 0.3) is 0 Å². The normalized spacial score (nSPS) is 13.4. The number of para-hydroxylation sites is 2. The van der Waals surface area contributed by atoms with E-state index in [-0.39, 0.29) is 5.91 Å². The first-order valence-electron chi connectivity index (χ1n) is 12.0. The maximum Gasteiger partial charge on any atom is 0.247 e. The highest BCUT2D eigenvalue weighted by Crippen LogP contribution is 2.33. The topological polar surface area (TPSA) is 122 Å². The van der Waals surface area contributed by atoms with Gasteiger partial charge in [0, 0.05) is 31.0 Å². The van der Waals surface area contributed by atoms with Crippen LogP contribution in [0.4, 0.5) is 34.5 Å². The Morgan fingerprint density at radius 3 is 2.58 bits per heavy atom. The van der Waals surface area contributed by atoms with Crippen molar-refractivity contribution in [3.63, 3.8) is 0 Å². The Labute approximate surface area is 221 Å². The Kier molecular flexibility index (Phi) is 8.73. The number of aromatic nitrogens is 2. The Balaban J connectivity index is 1.65. The zero-order valence-corrected chi connectivity index (χ0v) is 21.7. The minimum Gasteiger partial charge on any atom is -0.494 e. The number of amides is 1. The van der Waals surface area contributed by atoms with Gasteiger partial charge in [0.25, 0.3) is 0 Å². The molecule has 2 heterocycles. The van der Waals surface area contributed by atoms with Gasteiger partial charge in [-0.3, -0.25) is 4.79 Å². The minimum atomic E-state index is -0.325. The van der Waals surface area contributed by atoms with Crippen LogP contribution in [0.5, 0.6) is 5.75 Å². The summed E-state index contributed by atoms with van der Waals surface area (Å²) in [6.07, 6.45) is 2.86. The van der Waals surface area contributed by atoms with Gasteiger partial charge in [-0.1, -0.05) is 23.9 Å². The van der Waals surface area contributed by atoms with Crippen LogP contribution in [-0.2, 0) is 14.4 Å². The molecule has 198 valence electrons. The van der Waals surface area contributed by atoms with Gasteiger partial charge in [0.1, 0.15) is 18.7 Å². The largest absolute Gasteiger partial charge is 0.494 e. The lowest BCUT2D eigenvalue weighted by molar-refractivity contribution is -0.111. The molecule has 38 heavy (non-hydrogen) atoms. The number of benzene rings is 2. The molecular weight excluding hydrogens is 486 g/mol. The molecule has 11 nitrogen and oxygen atoms in total. The summed E-state index contributed by atoms with van der Waals surface area (Å²) in [6, 6.07) is 13.2. The van der Waals surface area contributed by atoms with Gasteiger partial charge in [-0.05, 0) is 37.3 Å². The predicted molar refractivity (Wildman–Crippen MR) is 149 cm³/mol. The molecule has 11 heteroatoms. The lowest BCUT2D eigenvalue weighted by Crippen LogP contribution is -2.36. The molecule has 0 aliphatic carbocycles. The van der Waals surface area contributed by atoms with Crippen molar-refractivity contribution in [3.05, 3.63) is 66.9 Å². The first kappa shape index (κ1) is 26.4. The molecule has 1 aliphatic rings. The maximum absolute atomic E-state index is 11.9. The second kappa shape index (κ2) is 12.5. The number of carbonyl (C=O) groups is 1. The highest BCUT2D eigenvalue weighted by atomic mass is 16.6. The number of oxime groups is 1. The number of ether oxygens (including phenoxy) is 2. The van der Waals surface area contributed by atoms with Crippen LogP contribution in [0.15, 0.2) is 66.5 Å². The summed E-state index contributed by atoms with van der Waals surface area (Å²) in [5, 5.41) is 13.4. The summed E-state index contributed by atoms with van der Waals surface area (Å²) >= 11 is 0. The van der Waals surface area contributed by atoms with Crippen LogP contribution < -0.4 is 25.6 Å². The Hall–Kier alpha value is -4.64. The monoisotopic (exact) mass is 517 g/mol. The highest BCUT2D eigenvalue weighted by molar-refractivity contribution is 6.04. The molecule has 0 spiro atoms. The van der Waals surface area contributed by atoms with Crippen LogP contribution in [-0.4, -0.2) is 62.1 Å². The van der Waals surface area contributed by atoms with Crippen molar-refractivity contribution in [2.24, 2.45) is 5.16 Å². The fraction of sp³-hybridized carbons (Fsp3) is 0.259. The van der Waals surface area contributed by atoms with E-state index >= 15 is 0 Å². The molecule has 1 aliphatic heterocycles. The van der Waals surface area contributed by atoms with Gasteiger partial charge in [0.05, 0.1) is 48.7 Å². The van der Waals surface area contributed by atoms with Crippen LogP contribution >= 0.6 is 0 Å². The fourth-order valence-electron chi connectivity index (χ4n) is 3.92. The number of morpholine rings is 1. The van der Waals surface area contributed by atoms with Gasteiger partial charge in [0.2, 0.25) is 11.9 Å². The van der Waals surface area contributed by atoms with Crippen LogP contribution in [0, 0.1) is 0 Å². The maximum atomic E-state index is 11.9. The molecule has 0 saturated carbocycles. The zero-order chi connectivity index (χ0) is 26.9. The number of hydrogen-bond acceptors (Lipinski definition) is 10. The molecule has 0 unspecified atom stereocenters. The fourth-order valence-corrected chi connectivity index (χ4v) is 3.92. The number of anilines is 6. The van der Waals surface area contributed by atoms with Gasteiger partial charge < -0.3 is 35.2 Å². The van der Waals surface area contributed by atoms with Crippen molar-refractivity contribution < 1.29 is 19.1 Å². The Morgan fingerprint density at radius 1 is 1.11 bits per heavy atom. The first-order chi connectivity index (χ1) is 18.5. The molecule has 0 radical (unpaired) electrons. The summed E-state index contributed by atoms with van der Waals surface area (Å²) < 4.78 is 11.1. The number of nitrogens with zero attached hydrogens (tertiary/aromatic N) is 4. The van der Waals surface area contributed by atoms with Crippen LogP contribution in [0.3, 0.4) is 0 Å². The van der Waals surface area contributed by atoms with Crippen molar-refractivity contribution in [1.29, 1.82) is 0 Å². The van der Waals surface area contributed by atoms with Gasteiger partial charge in [-0.25, -0.2) is 4.98 Å². The van der Waals surface area contributed by atoms with Gasteiger partial charge in [0.15, 0.2) is 0 Å². The van der Waals surface area contributed by atoms with E-state index in [0.717, 1.165) is 18.8 Å². The molecule has 1 saturated heterocycles. The third-order valence-corrected chi connectivity index (χ3v) is 5.84. The van der Waals surface area contributed by atoms with Gasteiger partial charge in [-0.2, -0.15) is 4.98 Å². The Morgan fingerprint density at radius 2 is 1.87 bits per heavy atom. The third kappa shape index (κ3) is 6.37. The van der Waals surface area contributed by atoms with Gasteiger partial charge >= 0.3 is 0 Å². The van der Waals surface area contributed by atoms with Crippen molar-refractivity contribution in [3.8, 4) is 5.75 Å². The zero-order valence-electron chi connectivity index (χ0n) is 21.7. The van der Waals surface area contributed by atoms with Crippen molar-refractivity contribution in [2.75, 3.05) is 61.4 Å². The molecule has 2 aromatic carbocycles. The number of carbonyl (C=O) groups excluding carboxylic acids is 1. The number of rotatable bonds is 10. The molecular formula is C27H31N7O4. The minimum absolute atomic E-state index is 0.325. The van der Waals surface area contributed by atoms with Crippen molar-refractivity contribution >= 4 is 46.1 Å². The summed E-state index contributed by atoms with van der Waals surface area (Å²) in [6.45, 7) is 8.36. The molecule has 3 aromatic rings. The van der Waals surface area contributed by atoms with Gasteiger partial charge in [-0.15, -0.1) is 0 Å². The third-order valence-electron chi connectivity index (χ3n) is 5.84. The smallest absolute Gasteiger partial charge is 0.247 e. The molecule has 4 rings (SSSR count). The molecule has 1 amide bonds. The summed E-state index contributed by atoms with van der Waals surface area (Å²) in [5.41, 5.74) is 4.16. The second-order valence-electron chi connectivity index (χ2n) is 8.29. The lowest BCUT2D eigenvalue weighted by Gasteiger charge is -2.29. The molecule has 3 N–H and O–H groups in total. The first-order valence-corrected chi connectivity index (χ1v) is 12.0. The average molecular weight is 518 g/mol. The van der Waals surface area contributed by atoms with Crippen molar-refractivity contribution in [2.45, 2.75) is 6.92 Å². The molecule has 1 aromatic heterocycles. The SMILES string of the molecule is C=CC(=O)Nc1ccccc1Nc1nc(Nc2ccc(N3CCOCC3)cc2OC)ncc1/C(C)=N\OC. The lowest BCUT2D eigenvalue weighted by atomic mass is 10.2. The number of methoxy groups -OCH3 is 1. The summed E-state index contributed by atoms with van der Waals surface area (Å²) in [4.78, 5) is 28.4. The van der Waals surface area contributed by atoms with E-state index in [1.54, 1.807) is 26.3 Å². The summed E-state index contributed by atoms with van der Waals surface area (Å²) in [5.74, 6) is 1.14. The van der Waals surface area contributed by atoms with Crippen LogP contribution in [0.2, 0.25) is 0 Å². The second-order valence-corrected chi connectivity index (χ2v) is 8.29. The van der Waals surface area contributed by atoms with E-state index in [1.807, 2.05) is 36.4 Å². The van der Waals surface area contributed by atoms with E-state index in [4.69, 9.17) is 19.3 Å². The van der Waals surface area contributed by atoms with E-state index in [9.17, 15) is 4.79 Å². The number of nitrogens with one attached hydrogen (secondary N) is 3. The van der Waals surface area contributed by atoms with Crippen LogP contribution in [0.1, 0.15) is 12.5 Å². The predicted octanol–water partition coefficient (Wildman–Crippen LogP) is 4.30. The quantitative estimate of drug-likeness (QED) is 0.205. The van der Waals surface area contributed by atoms with E-state index < -0.39 is 0 Å². The summed E-state index contributed by atoms with van der Waals surface area (Å²) in [7, 11) is 3.10.